The number of aryl methyl sites for hydroxylation is 1. The molecule has 0 saturated carbocycles. The van der Waals surface area contributed by atoms with Crippen LogP contribution in [-0.4, -0.2) is 52.0 Å². The lowest BCUT2D eigenvalue weighted by atomic mass is 10.0. The fourth-order valence-corrected chi connectivity index (χ4v) is 4.45. The summed E-state index contributed by atoms with van der Waals surface area (Å²) in [6.45, 7) is 7.69. The number of ether oxygens (including phenoxy) is 1. The molecular weight excluding hydrogens is 400 g/mol. The zero-order valence-electron chi connectivity index (χ0n) is 18.7. The highest BCUT2D eigenvalue weighted by molar-refractivity contribution is 5.98. The number of hydrogen-bond acceptors (Lipinski definition) is 6. The molecule has 1 aliphatic heterocycles. The Bertz CT molecular complexity index is 1240. The fourth-order valence-electron chi connectivity index (χ4n) is 4.45. The molecule has 0 unspecified atom stereocenters. The van der Waals surface area contributed by atoms with Crippen molar-refractivity contribution in [3.05, 3.63) is 55.0 Å². The third kappa shape index (κ3) is 3.69. The van der Waals surface area contributed by atoms with Crippen LogP contribution < -0.4 is 15.0 Å². The van der Waals surface area contributed by atoms with Gasteiger partial charge in [-0.05, 0) is 19.9 Å². The Morgan fingerprint density at radius 2 is 1.97 bits per heavy atom. The monoisotopic (exact) mass is 428 g/mol. The van der Waals surface area contributed by atoms with E-state index in [1.54, 1.807) is 6.33 Å². The van der Waals surface area contributed by atoms with Gasteiger partial charge in [0, 0.05) is 61.5 Å². The normalized spacial score (nSPS) is 16.5. The van der Waals surface area contributed by atoms with Crippen molar-refractivity contribution in [1.82, 2.24) is 25.1 Å². The van der Waals surface area contributed by atoms with Gasteiger partial charge in [0.1, 0.15) is 17.8 Å². The Hall–Kier alpha value is -3.45. The summed E-state index contributed by atoms with van der Waals surface area (Å²) >= 11 is 0. The predicted molar refractivity (Wildman–Crippen MR) is 128 cm³/mol. The quantitative estimate of drug-likeness (QED) is 0.520. The Morgan fingerprint density at radius 1 is 1.12 bits per heavy atom. The zero-order valence-corrected chi connectivity index (χ0v) is 18.7. The van der Waals surface area contributed by atoms with E-state index >= 15 is 0 Å². The fraction of sp³-hybridized carbons (Fsp3) is 0.320. The minimum absolute atomic E-state index is 0.367. The first-order chi connectivity index (χ1) is 15.7. The van der Waals surface area contributed by atoms with Crippen LogP contribution in [0.25, 0.3) is 33.4 Å². The minimum atomic E-state index is 0.367. The molecule has 1 atom stereocenters. The molecule has 7 nitrogen and oxygen atoms in total. The second-order valence-electron chi connectivity index (χ2n) is 8.17. The average molecular weight is 429 g/mol. The van der Waals surface area contributed by atoms with Crippen LogP contribution in [0.15, 0.2) is 55.0 Å². The number of fused-ring (bicyclic) bond motifs is 1. The van der Waals surface area contributed by atoms with Gasteiger partial charge in [0.15, 0.2) is 0 Å². The maximum absolute atomic E-state index is 6.05. The van der Waals surface area contributed by atoms with E-state index in [0.717, 1.165) is 64.5 Å². The molecule has 3 heterocycles. The number of benzene rings is 2. The summed E-state index contributed by atoms with van der Waals surface area (Å²) < 4.78 is 7.90. The Kier molecular flexibility index (Phi) is 5.49. The topological polar surface area (TPSA) is 68.1 Å². The van der Waals surface area contributed by atoms with Crippen LogP contribution in [-0.2, 0) is 7.05 Å². The minimum Gasteiger partial charge on any atom is -0.492 e. The molecule has 0 radical (unpaired) electrons. The first-order valence-electron chi connectivity index (χ1n) is 11.1. The van der Waals surface area contributed by atoms with Gasteiger partial charge in [0.05, 0.1) is 23.5 Å². The highest BCUT2D eigenvalue weighted by atomic mass is 16.5. The lowest BCUT2D eigenvalue weighted by Gasteiger charge is -2.37. The molecule has 5 rings (SSSR count). The van der Waals surface area contributed by atoms with Crippen molar-refractivity contribution in [2.24, 2.45) is 7.05 Å². The summed E-state index contributed by atoms with van der Waals surface area (Å²) in [6, 6.07) is 14.8. The molecule has 0 spiro atoms. The number of rotatable bonds is 5. The third-order valence-corrected chi connectivity index (χ3v) is 5.96. The van der Waals surface area contributed by atoms with Crippen molar-refractivity contribution in [3.63, 3.8) is 0 Å². The van der Waals surface area contributed by atoms with E-state index < -0.39 is 0 Å². The van der Waals surface area contributed by atoms with Gasteiger partial charge >= 0.3 is 0 Å². The van der Waals surface area contributed by atoms with Crippen LogP contribution in [0, 0.1) is 0 Å². The van der Waals surface area contributed by atoms with E-state index in [-0.39, 0.29) is 0 Å². The molecule has 7 heteroatoms. The van der Waals surface area contributed by atoms with Gasteiger partial charge in [-0.25, -0.2) is 9.97 Å². The maximum Gasteiger partial charge on any atom is 0.144 e. The second-order valence-corrected chi connectivity index (χ2v) is 8.17. The second kappa shape index (κ2) is 8.59. The molecule has 2 aromatic heterocycles. The number of hydrogen-bond donors (Lipinski definition) is 1. The summed E-state index contributed by atoms with van der Waals surface area (Å²) in [5.74, 6) is 0.868. The largest absolute Gasteiger partial charge is 0.492 e. The van der Waals surface area contributed by atoms with E-state index in [1.807, 2.05) is 49.1 Å². The van der Waals surface area contributed by atoms with Crippen molar-refractivity contribution < 1.29 is 4.74 Å². The average Bonchev–Trinajstić information content (AvgIpc) is 3.21. The number of nitrogens with one attached hydrogen (secondary N) is 1. The number of nitrogens with zero attached hydrogens (tertiary/aromatic N) is 5. The van der Waals surface area contributed by atoms with Crippen LogP contribution in [0.1, 0.15) is 13.8 Å². The van der Waals surface area contributed by atoms with E-state index in [0.29, 0.717) is 12.6 Å². The molecule has 1 N–H and O–H groups in total. The van der Waals surface area contributed by atoms with Crippen molar-refractivity contribution in [2.75, 3.05) is 31.1 Å². The molecular formula is C25H28N6O. The summed E-state index contributed by atoms with van der Waals surface area (Å²) in [6.07, 6.45) is 3.66. The molecule has 1 aliphatic rings. The molecule has 0 bridgehead atoms. The summed E-state index contributed by atoms with van der Waals surface area (Å²) in [7, 11) is 1.94. The highest BCUT2D eigenvalue weighted by Crippen LogP contribution is 2.39. The van der Waals surface area contributed by atoms with Crippen LogP contribution in [0.3, 0.4) is 0 Å². The van der Waals surface area contributed by atoms with E-state index in [9.17, 15) is 0 Å². The first kappa shape index (κ1) is 20.5. The smallest absolute Gasteiger partial charge is 0.144 e. The van der Waals surface area contributed by atoms with Crippen LogP contribution >= 0.6 is 0 Å². The van der Waals surface area contributed by atoms with Gasteiger partial charge in [0.2, 0.25) is 0 Å². The molecule has 2 aromatic carbocycles. The zero-order chi connectivity index (χ0) is 22.1. The predicted octanol–water partition coefficient (Wildman–Crippen LogP) is 3.89. The van der Waals surface area contributed by atoms with Gasteiger partial charge in [0.25, 0.3) is 0 Å². The van der Waals surface area contributed by atoms with Gasteiger partial charge < -0.3 is 15.0 Å². The maximum atomic E-state index is 6.05. The molecule has 1 fully saturated rings. The first-order valence-corrected chi connectivity index (χ1v) is 11.1. The van der Waals surface area contributed by atoms with Gasteiger partial charge in [-0.1, -0.05) is 30.3 Å². The number of anilines is 1. The van der Waals surface area contributed by atoms with Crippen LogP contribution in [0.5, 0.6) is 5.75 Å². The van der Waals surface area contributed by atoms with Gasteiger partial charge in [-0.3, -0.25) is 4.68 Å². The molecule has 4 aromatic rings. The van der Waals surface area contributed by atoms with Gasteiger partial charge in [-0.2, -0.15) is 5.10 Å². The Balaban J connectivity index is 1.72. The summed E-state index contributed by atoms with van der Waals surface area (Å²) in [5.41, 5.74) is 5.82. The lowest BCUT2D eigenvalue weighted by molar-refractivity contribution is 0.339. The summed E-state index contributed by atoms with van der Waals surface area (Å²) in [5, 5.41) is 9.22. The summed E-state index contributed by atoms with van der Waals surface area (Å²) in [4.78, 5) is 11.7. The van der Waals surface area contributed by atoms with Crippen molar-refractivity contribution in [2.45, 2.75) is 19.9 Å². The molecule has 0 aliphatic carbocycles. The van der Waals surface area contributed by atoms with Crippen molar-refractivity contribution in [1.29, 1.82) is 0 Å². The molecule has 0 amide bonds. The molecule has 32 heavy (non-hydrogen) atoms. The number of piperazine rings is 1. The molecule has 1 saturated heterocycles. The standard InChI is InChI=1S/C25H28N6O/c1-4-32-23-13-21-19(12-22(23)31-11-10-26-14-17(31)2)25(28-16-27-21)20-15-30(3)29-24(20)18-8-6-5-7-9-18/h5-9,12-13,15-17,26H,4,10-11,14H2,1-3H3/t17-/m0/s1. The van der Waals surface area contributed by atoms with Gasteiger partial charge in [-0.15, -0.1) is 0 Å². The third-order valence-electron chi connectivity index (χ3n) is 5.96. The van der Waals surface area contributed by atoms with Crippen LogP contribution in [0.2, 0.25) is 0 Å². The van der Waals surface area contributed by atoms with E-state index in [4.69, 9.17) is 14.8 Å². The number of aromatic nitrogens is 4. The molecule has 164 valence electrons. The van der Waals surface area contributed by atoms with Crippen LogP contribution in [0.4, 0.5) is 5.69 Å². The van der Waals surface area contributed by atoms with E-state index in [1.165, 1.54) is 0 Å². The lowest BCUT2D eigenvalue weighted by Crippen LogP contribution is -2.50. The van der Waals surface area contributed by atoms with Crippen molar-refractivity contribution in [3.8, 4) is 28.3 Å². The SMILES string of the molecule is CCOc1cc2ncnc(-c3cn(C)nc3-c3ccccc3)c2cc1N1CCNC[C@@H]1C. The Morgan fingerprint density at radius 3 is 2.75 bits per heavy atom. The Labute approximate surface area is 188 Å². The van der Waals surface area contributed by atoms with Crippen molar-refractivity contribution >= 4 is 16.6 Å². The highest BCUT2D eigenvalue weighted by Gasteiger charge is 2.24. The van der Waals surface area contributed by atoms with E-state index in [2.05, 4.69) is 40.3 Å².